The molecule has 0 unspecified atom stereocenters. The first-order chi connectivity index (χ1) is 18.3. The quantitative estimate of drug-likeness (QED) is 0.144. The lowest BCUT2D eigenvalue weighted by atomic mass is 9.78. The minimum absolute atomic E-state index is 0. The smallest absolute Gasteiger partial charge is 0.399 e. The van der Waals surface area contributed by atoms with E-state index in [0.29, 0.717) is 0 Å². The van der Waals surface area contributed by atoms with E-state index in [4.69, 9.17) is 9.31 Å². The molecule has 6 rings (SSSR count). The van der Waals surface area contributed by atoms with E-state index in [1.54, 1.807) is 0 Å². The normalized spacial score (nSPS) is 15.6. The van der Waals surface area contributed by atoms with Crippen LogP contribution < -0.4 is 10.4 Å². The van der Waals surface area contributed by atoms with E-state index < -0.39 is 0 Å². The van der Waals surface area contributed by atoms with Gasteiger partial charge < -0.3 is 14.2 Å². The van der Waals surface area contributed by atoms with Crippen LogP contribution in [0.2, 0.25) is 0 Å². The van der Waals surface area contributed by atoms with Gasteiger partial charge in [0, 0.05) is 16.8 Å². The number of anilines is 3. The predicted octanol–water partition coefficient (Wildman–Crippen LogP) is 8.89. The maximum atomic E-state index is 6.22. The summed E-state index contributed by atoms with van der Waals surface area (Å²) in [6, 6.07) is 42.9. The molecule has 0 spiro atoms. The number of halogens is 1. The van der Waals surface area contributed by atoms with Crippen LogP contribution in [-0.4, -0.2) is 18.3 Å². The van der Waals surface area contributed by atoms with Crippen LogP contribution >= 0.6 is 24.0 Å². The topological polar surface area (TPSA) is 21.7 Å². The van der Waals surface area contributed by atoms with E-state index in [1.807, 2.05) is 0 Å². The Labute approximate surface area is 248 Å². The van der Waals surface area contributed by atoms with Crippen LogP contribution in [0.4, 0.5) is 17.1 Å². The van der Waals surface area contributed by atoms with Crippen LogP contribution in [0.15, 0.2) is 121 Å². The largest absolute Gasteiger partial charge is 0.494 e. The molecule has 3 nitrogen and oxygen atoms in total. The van der Waals surface area contributed by atoms with E-state index in [9.17, 15) is 0 Å². The minimum Gasteiger partial charge on any atom is -0.399 e. The van der Waals surface area contributed by atoms with Crippen LogP contribution in [0, 0.1) is 0 Å². The zero-order valence-corrected chi connectivity index (χ0v) is 25.1. The van der Waals surface area contributed by atoms with Gasteiger partial charge in [0.15, 0.2) is 0 Å². The molecule has 0 atom stereocenters. The second kappa shape index (κ2) is 10.8. The molecule has 1 saturated heterocycles. The summed E-state index contributed by atoms with van der Waals surface area (Å²) in [5.74, 6) is 0. The molecule has 5 aromatic carbocycles. The first-order valence-electron chi connectivity index (χ1n) is 13.2. The van der Waals surface area contributed by atoms with E-state index in [-0.39, 0.29) is 42.3 Å². The highest BCUT2D eigenvalue weighted by Crippen LogP contribution is 2.39. The highest BCUT2D eigenvalue weighted by Gasteiger charge is 2.51. The molecule has 196 valence electrons. The molecule has 1 heterocycles. The van der Waals surface area contributed by atoms with Crippen molar-refractivity contribution < 1.29 is 9.31 Å². The monoisotopic (exact) mass is 625 g/mol. The summed E-state index contributed by atoms with van der Waals surface area (Å²) in [4.78, 5) is 2.33. The average Bonchev–Trinajstić information content (AvgIpc) is 3.16. The zero-order valence-electron chi connectivity index (χ0n) is 22.8. The standard InChI is InChI=1S/C34H32BNO2.HI/c1-33(2)34(3,4)38-35(37-33)28-21-17-25(18-22-28)26-19-23-30(24-20-26)36(29-13-6-5-7-14-29)32-16-10-12-27-11-8-9-15-31(27)32;/h5-24H,1-4H3;1H. The maximum absolute atomic E-state index is 6.22. The Bertz CT molecular complexity index is 1550. The maximum Gasteiger partial charge on any atom is 0.494 e. The molecule has 1 aliphatic heterocycles. The summed E-state index contributed by atoms with van der Waals surface area (Å²) in [7, 11) is -0.350. The molecule has 0 radical (unpaired) electrons. The Kier molecular flexibility index (Phi) is 7.60. The van der Waals surface area contributed by atoms with Crippen molar-refractivity contribution in [2.24, 2.45) is 0 Å². The predicted molar refractivity (Wildman–Crippen MR) is 175 cm³/mol. The molecule has 0 aliphatic carbocycles. The van der Waals surface area contributed by atoms with Gasteiger partial charge in [0.1, 0.15) is 0 Å². The molecule has 0 aromatic heterocycles. The summed E-state index contributed by atoms with van der Waals surface area (Å²) in [6.45, 7) is 8.33. The Morgan fingerprint density at radius 3 is 1.69 bits per heavy atom. The number of rotatable bonds is 5. The second-order valence-electron chi connectivity index (χ2n) is 10.9. The fraction of sp³-hybridized carbons (Fsp3) is 0.176. The van der Waals surface area contributed by atoms with Crippen molar-refractivity contribution in [2.75, 3.05) is 4.90 Å². The molecule has 0 saturated carbocycles. The Morgan fingerprint density at radius 1 is 0.538 bits per heavy atom. The van der Waals surface area contributed by atoms with Gasteiger partial charge in [0.25, 0.3) is 0 Å². The van der Waals surface area contributed by atoms with Gasteiger partial charge in [-0.3, -0.25) is 0 Å². The van der Waals surface area contributed by atoms with Gasteiger partial charge in [-0.1, -0.05) is 91.0 Å². The van der Waals surface area contributed by atoms with Crippen molar-refractivity contribution in [2.45, 2.75) is 38.9 Å². The lowest BCUT2D eigenvalue weighted by molar-refractivity contribution is 0.00578. The molecule has 5 aromatic rings. The second-order valence-corrected chi connectivity index (χ2v) is 10.9. The number of nitrogens with zero attached hydrogens (tertiary/aromatic N) is 1. The molecule has 0 N–H and O–H groups in total. The average molecular weight is 625 g/mol. The fourth-order valence-electron chi connectivity index (χ4n) is 5.02. The van der Waals surface area contributed by atoms with Crippen molar-refractivity contribution in [3.8, 4) is 11.1 Å². The van der Waals surface area contributed by atoms with Gasteiger partial charge in [-0.25, -0.2) is 0 Å². The van der Waals surface area contributed by atoms with Crippen LogP contribution in [0.5, 0.6) is 0 Å². The van der Waals surface area contributed by atoms with Gasteiger partial charge in [-0.05, 0) is 80.0 Å². The molecule has 0 amide bonds. The summed E-state index contributed by atoms with van der Waals surface area (Å²) in [6.07, 6.45) is 0. The highest BCUT2D eigenvalue weighted by atomic mass is 127. The lowest BCUT2D eigenvalue weighted by Crippen LogP contribution is -2.41. The first kappa shape index (κ1) is 27.4. The van der Waals surface area contributed by atoms with Crippen LogP contribution in [-0.2, 0) is 9.31 Å². The molecule has 1 aliphatic rings. The van der Waals surface area contributed by atoms with Crippen molar-refractivity contribution in [3.05, 3.63) is 121 Å². The van der Waals surface area contributed by atoms with Crippen molar-refractivity contribution >= 4 is 64.4 Å². The Morgan fingerprint density at radius 2 is 1.05 bits per heavy atom. The van der Waals surface area contributed by atoms with E-state index in [1.165, 1.54) is 16.3 Å². The summed E-state index contributed by atoms with van der Waals surface area (Å²) < 4.78 is 12.4. The van der Waals surface area contributed by atoms with Crippen LogP contribution in [0.3, 0.4) is 0 Å². The SMILES string of the molecule is CC1(C)OB(c2ccc(-c3ccc(N(c4ccccc4)c4cccc5ccccc45)cc3)cc2)OC1(C)C.I. The third-order valence-electron chi connectivity index (χ3n) is 7.92. The Balaban J connectivity index is 0.00000308. The van der Waals surface area contributed by atoms with Crippen molar-refractivity contribution in [1.29, 1.82) is 0 Å². The van der Waals surface area contributed by atoms with Crippen LogP contribution in [0.1, 0.15) is 27.7 Å². The third-order valence-corrected chi connectivity index (χ3v) is 7.92. The summed E-state index contributed by atoms with van der Waals surface area (Å²) >= 11 is 0. The zero-order chi connectivity index (χ0) is 26.3. The van der Waals surface area contributed by atoms with E-state index >= 15 is 0 Å². The lowest BCUT2D eigenvalue weighted by Gasteiger charge is -2.32. The number of hydrogen-bond donors (Lipinski definition) is 0. The first-order valence-corrected chi connectivity index (χ1v) is 13.2. The fourth-order valence-corrected chi connectivity index (χ4v) is 5.02. The van der Waals surface area contributed by atoms with Crippen molar-refractivity contribution in [1.82, 2.24) is 0 Å². The van der Waals surface area contributed by atoms with E-state index in [0.717, 1.165) is 28.1 Å². The molecule has 1 fully saturated rings. The number of hydrogen-bond acceptors (Lipinski definition) is 3. The van der Waals surface area contributed by atoms with Gasteiger partial charge in [0.2, 0.25) is 0 Å². The van der Waals surface area contributed by atoms with Gasteiger partial charge in [-0.2, -0.15) is 0 Å². The molecular weight excluding hydrogens is 592 g/mol. The van der Waals surface area contributed by atoms with Gasteiger partial charge >= 0.3 is 7.12 Å². The molecule has 39 heavy (non-hydrogen) atoms. The number of para-hydroxylation sites is 1. The summed E-state index contributed by atoms with van der Waals surface area (Å²) in [5, 5.41) is 2.45. The third kappa shape index (κ3) is 5.23. The summed E-state index contributed by atoms with van der Waals surface area (Å²) in [5.41, 5.74) is 6.08. The van der Waals surface area contributed by atoms with Crippen molar-refractivity contribution in [3.63, 3.8) is 0 Å². The number of fused-ring (bicyclic) bond motifs is 1. The molecule has 5 heteroatoms. The molecule has 0 bridgehead atoms. The Hall–Kier alpha value is -3.13. The van der Waals surface area contributed by atoms with Gasteiger partial charge in [-0.15, -0.1) is 24.0 Å². The number of benzene rings is 5. The molecular formula is C34H33BINO2. The van der Waals surface area contributed by atoms with E-state index in [2.05, 4.69) is 154 Å². The highest BCUT2D eigenvalue weighted by molar-refractivity contribution is 14.0. The minimum atomic E-state index is -0.350. The van der Waals surface area contributed by atoms with Crippen LogP contribution in [0.25, 0.3) is 21.9 Å². The van der Waals surface area contributed by atoms with Gasteiger partial charge in [0.05, 0.1) is 16.9 Å².